The molecule has 5 nitrogen and oxygen atoms in total. The minimum Gasteiger partial charge on any atom is -0.355 e. The minimum absolute atomic E-state index is 0.190. The van der Waals surface area contributed by atoms with Crippen LogP contribution in [0.3, 0.4) is 0 Å². The van der Waals surface area contributed by atoms with Crippen LogP contribution in [0.2, 0.25) is 0 Å². The Labute approximate surface area is 123 Å². The molecular weight excluding hydrogens is 268 g/mol. The van der Waals surface area contributed by atoms with Gasteiger partial charge in [0.25, 0.3) is 5.91 Å². The van der Waals surface area contributed by atoms with E-state index in [0.717, 1.165) is 18.4 Å². The molecule has 1 aliphatic carbocycles. The van der Waals surface area contributed by atoms with Crippen LogP contribution in [-0.4, -0.2) is 29.7 Å². The van der Waals surface area contributed by atoms with Gasteiger partial charge in [0.1, 0.15) is 0 Å². The summed E-state index contributed by atoms with van der Waals surface area (Å²) in [6.07, 6.45) is 1.80. The van der Waals surface area contributed by atoms with Crippen molar-refractivity contribution in [2.24, 2.45) is 5.92 Å². The molecular formula is C16H18N2O3. The number of rotatable bonds is 4. The predicted molar refractivity (Wildman–Crippen MR) is 76.5 cm³/mol. The third-order valence-electron chi connectivity index (χ3n) is 4.32. The molecule has 1 saturated heterocycles. The highest BCUT2D eigenvalue weighted by Crippen LogP contribution is 2.35. The Morgan fingerprint density at radius 3 is 2.52 bits per heavy atom. The van der Waals surface area contributed by atoms with Crippen molar-refractivity contribution < 1.29 is 14.4 Å². The van der Waals surface area contributed by atoms with E-state index in [-0.39, 0.29) is 18.0 Å². The predicted octanol–water partition coefficient (Wildman–Crippen LogP) is 0.754. The molecule has 2 aliphatic rings. The van der Waals surface area contributed by atoms with Crippen molar-refractivity contribution >= 4 is 17.6 Å². The van der Waals surface area contributed by atoms with E-state index in [1.165, 1.54) is 0 Å². The van der Waals surface area contributed by atoms with E-state index in [2.05, 4.69) is 10.6 Å². The summed E-state index contributed by atoms with van der Waals surface area (Å²) in [4.78, 5) is 36.5. The first-order chi connectivity index (χ1) is 10.0. The van der Waals surface area contributed by atoms with Crippen molar-refractivity contribution in [3.05, 3.63) is 35.9 Å². The normalized spacial score (nSPS) is 26.0. The van der Waals surface area contributed by atoms with E-state index in [9.17, 15) is 14.4 Å². The average Bonchev–Trinajstić information content (AvgIpc) is 3.07. The van der Waals surface area contributed by atoms with Gasteiger partial charge in [-0.1, -0.05) is 30.3 Å². The topological polar surface area (TPSA) is 75.3 Å². The van der Waals surface area contributed by atoms with Crippen molar-refractivity contribution in [2.75, 3.05) is 6.54 Å². The van der Waals surface area contributed by atoms with Gasteiger partial charge in [0.2, 0.25) is 11.7 Å². The van der Waals surface area contributed by atoms with Crippen LogP contribution in [0, 0.1) is 5.92 Å². The summed E-state index contributed by atoms with van der Waals surface area (Å²) in [5.74, 6) is -2.46. The maximum atomic E-state index is 12.4. The van der Waals surface area contributed by atoms with Crippen LogP contribution in [0.4, 0.5) is 0 Å². The van der Waals surface area contributed by atoms with Crippen molar-refractivity contribution in [2.45, 2.75) is 31.2 Å². The summed E-state index contributed by atoms with van der Waals surface area (Å²) < 4.78 is 0. The first-order valence-corrected chi connectivity index (χ1v) is 7.19. The van der Waals surface area contributed by atoms with Crippen LogP contribution >= 0.6 is 0 Å². The van der Waals surface area contributed by atoms with Crippen molar-refractivity contribution in [3.8, 4) is 0 Å². The van der Waals surface area contributed by atoms with Gasteiger partial charge >= 0.3 is 0 Å². The van der Waals surface area contributed by atoms with Gasteiger partial charge in [-0.15, -0.1) is 0 Å². The van der Waals surface area contributed by atoms with Crippen LogP contribution in [0.1, 0.15) is 31.2 Å². The molecule has 1 heterocycles. The maximum absolute atomic E-state index is 12.4. The third kappa shape index (κ3) is 2.68. The number of nitrogens with one attached hydrogen (secondary N) is 2. The van der Waals surface area contributed by atoms with E-state index >= 15 is 0 Å². The molecule has 1 aromatic rings. The Kier molecular flexibility index (Phi) is 3.27. The summed E-state index contributed by atoms with van der Waals surface area (Å²) in [6, 6.07) is 9.14. The van der Waals surface area contributed by atoms with Crippen LogP contribution in [0.15, 0.2) is 30.3 Å². The molecule has 110 valence electrons. The lowest BCUT2D eigenvalue weighted by Crippen LogP contribution is -2.43. The van der Waals surface area contributed by atoms with Gasteiger partial charge in [0, 0.05) is 12.1 Å². The molecule has 0 radical (unpaired) electrons. The molecule has 1 unspecified atom stereocenters. The zero-order valence-corrected chi connectivity index (χ0v) is 11.9. The largest absolute Gasteiger partial charge is 0.355 e. The fraction of sp³-hybridized carbons (Fsp3) is 0.438. The summed E-state index contributed by atoms with van der Waals surface area (Å²) in [5.41, 5.74) is 0.543. The molecule has 21 heavy (non-hydrogen) atoms. The summed E-state index contributed by atoms with van der Waals surface area (Å²) in [7, 11) is 0. The molecule has 2 N–H and O–H groups in total. The summed E-state index contributed by atoms with van der Waals surface area (Å²) in [5, 5.41) is 5.46. The van der Waals surface area contributed by atoms with E-state index in [1.807, 2.05) is 37.3 Å². The molecule has 2 atom stereocenters. The molecule has 5 heteroatoms. The van der Waals surface area contributed by atoms with Crippen molar-refractivity contribution in [1.29, 1.82) is 0 Å². The summed E-state index contributed by atoms with van der Waals surface area (Å²) >= 11 is 0. The van der Waals surface area contributed by atoms with Gasteiger partial charge in [0.05, 0.1) is 11.8 Å². The lowest BCUT2D eigenvalue weighted by Gasteiger charge is -2.17. The molecule has 0 bridgehead atoms. The fourth-order valence-electron chi connectivity index (χ4n) is 2.73. The van der Waals surface area contributed by atoms with Crippen molar-refractivity contribution in [3.63, 3.8) is 0 Å². The Morgan fingerprint density at radius 1 is 1.24 bits per heavy atom. The van der Waals surface area contributed by atoms with E-state index in [4.69, 9.17) is 0 Å². The second-order valence-corrected chi connectivity index (χ2v) is 6.12. The number of hydrogen-bond donors (Lipinski definition) is 2. The molecule has 1 aliphatic heterocycles. The Hall–Kier alpha value is -2.17. The number of carbonyl (C=O) groups excluding carboxylic acids is 3. The highest BCUT2D eigenvalue weighted by atomic mass is 16.2. The van der Waals surface area contributed by atoms with Crippen LogP contribution < -0.4 is 10.6 Å². The molecule has 1 aromatic carbocycles. The van der Waals surface area contributed by atoms with Gasteiger partial charge < -0.3 is 10.6 Å². The smallest absolute Gasteiger partial charge is 0.288 e. The van der Waals surface area contributed by atoms with Gasteiger partial charge in [-0.25, -0.2) is 0 Å². The number of hydrogen-bond acceptors (Lipinski definition) is 3. The Bertz CT molecular complexity index is 593. The van der Waals surface area contributed by atoms with Crippen LogP contribution in [0.5, 0.6) is 0 Å². The SMILES string of the molecule is CC1(NC(=O)C(=O)[C@H]2CNC(=O)C2c2ccccc2)CC1. The quantitative estimate of drug-likeness (QED) is 0.802. The number of benzene rings is 1. The monoisotopic (exact) mass is 286 g/mol. The van der Waals surface area contributed by atoms with E-state index in [1.54, 1.807) is 0 Å². The second-order valence-electron chi connectivity index (χ2n) is 6.12. The van der Waals surface area contributed by atoms with Gasteiger partial charge in [-0.2, -0.15) is 0 Å². The number of ketones is 1. The van der Waals surface area contributed by atoms with Crippen LogP contribution in [0.25, 0.3) is 0 Å². The number of amides is 2. The number of Topliss-reactive ketones (excluding diaryl/α,β-unsaturated/α-hetero) is 1. The van der Waals surface area contributed by atoms with E-state index in [0.29, 0.717) is 0 Å². The molecule has 0 spiro atoms. The average molecular weight is 286 g/mol. The highest BCUT2D eigenvalue weighted by molar-refractivity contribution is 6.38. The second kappa shape index (κ2) is 4.98. The molecule has 2 amide bonds. The lowest BCUT2D eigenvalue weighted by atomic mass is 9.85. The lowest BCUT2D eigenvalue weighted by molar-refractivity contribution is -0.141. The van der Waals surface area contributed by atoms with Gasteiger partial charge in [-0.05, 0) is 25.3 Å². The number of carbonyl (C=O) groups is 3. The van der Waals surface area contributed by atoms with Crippen molar-refractivity contribution in [1.82, 2.24) is 10.6 Å². The molecule has 3 rings (SSSR count). The van der Waals surface area contributed by atoms with Gasteiger partial charge in [0.15, 0.2) is 0 Å². The first-order valence-electron chi connectivity index (χ1n) is 7.19. The molecule has 0 aromatic heterocycles. The standard InChI is InChI=1S/C16H18N2O3/c1-16(7-8-16)18-15(21)13(19)11-9-17-14(20)12(11)10-5-3-2-4-6-10/h2-6,11-12H,7-9H2,1H3,(H,17,20)(H,18,21)/t11-,12?/m0/s1. The Balaban J connectivity index is 1.78. The third-order valence-corrected chi connectivity index (χ3v) is 4.32. The summed E-state index contributed by atoms with van der Waals surface area (Å²) in [6.45, 7) is 2.15. The zero-order valence-electron chi connectivity index (χ0n) is 11.9. The maximum Gasteiger partial charge on any atom is 0.288 e. The molecule has 2 fully saturated rings. The van der Waals surface area contributed by atoms with Crippen LogP contribution in [-0.2, 0) is 14.4 Å². The minimum atomic E-state index is -0.623. The fourth-order valence-corrected chi connectivity index (χ4v) is 2.73. The Morgan fingerprint density at radius 2 is 1.90 bits per heavy atom. The first kappa shape index (κ1) is 13.8. The van der Waals surface area contributed by atoms with E-state index < -0.39 is 23.5 Å². The van der Waals surface area contributed by atoms with Gasteiger partial charge in [-0.3, -0.25) is 14.4 Å². The highest BCUT2D eigenvalue weighted by Gasteiger charge is 2.45. The molecule has 1 saturated carbocycles. The zero-order chi connectivity index (χ0) is 15.0.